The van der Waals surface area contributed by atoms with Crippen LogP contribution in [0.2, 0.25) is 0 Å². The van der Waals surface area contributed by atoms with Gasteiger partial charge in [-0.25, -0.2) is 0 Å². The zero-order valence-electron chi connectivity index (χ0n) is 10.8. The van der Waals surface area contributed by atoms with Crippen LogP contribution in [0.15, 0.2) is 15.2 Å². The van der Waals surface area contributed by atoms with E-state index < -0.39 is 0 Å². The lowest BCUT2D eigenvalue weighted by molar-refractivity contribution is 0.108. The van der Waals surface area contributed by atoms with Crippen LogP contribution >= 0.6 is 27.3 Å². The van der Waals surface area contributed by atoms with Gasteiger partial charge < -0.3 is 10.2 Å². The molecule has 0 bridgehead atoms. The Bertz CT molecular complexity index is 369. The Balaban J connectivity index is 2.37. The lowest BCUT2D eigenvalue weighted by atomic mass is 9.83. The highest BCUT2D eigenvalue weighted by Gasteiger charge is 2.43. The van der Waals surface area contributed by atoms with E-state index in [1.165, 1.54) is 35.7 Å². The lowest BCUT2D eigenvalue weighted by Crippen LogP contribution is -2.51. The lowest BCUT2D eigenvalue weighted by Gasteiger charge is -2.43. The Hall–Kier alpha value is 0.1000. The van der Waals surface area contributed by atoms with Crippen molar-refractivity contribution < 1.29 is 0 Å². The number of hydrogen-bond acceptors (Lipinski definition) is 3. The summed E-state index contributed by atoms with van der Waals surface area (Å²) in [5.41, 5.74) is 1.69. The van der Waals surface area contributed by atoms with Crippen LogP contribution in [-0.2, 0) is 0 Å². The topological polar surface area (TPSA) is 15.3 Å². The summed E-state index contributed by atoms with van der Waals surface area (Å²) in [7, 11) is 6.52. The van der Waals surface area contributed by atoms with Gasteiger partial charge >= 0.3 is 0 Å². The van der Waals surface area contributed by atoms with E-state index in [1.807, 2.05) is 0 Å². The predicted octanol–water partition coefficient (Wildman–Crippen LogP) is 3.65. The van der Waals surface area contributed by atoms with Gasteiger partial charge in [0.05, 0.1) is 6.04 Å². The van der Waals surface area contributed by atoms with Crippen molar-refractivity contribution in [2.75, 3.05) is 21.1 Å². The van der Waals surface area contributed by atoms with E-state index in [9.17, 15) is 0 Å². The third-order valence-corrected chi connectivity index (χ3v) is 5.89. The summed E-state index contributed by atoms with van der Waals surface area (Å²) in [6.45, 7) is 0. The number of hydrogen-bond donors (Lipinski definition) is 1. The van der Waals surface area contributed by atoms with E-state index in [2.05, 4.69) is 58.0 Å². The van der Waals surface area contributed by atoms with E-state index in [4.69, 9.17) is 0 Å². The van der Waals surface area contributed by atoms with Crippen LogP contribution in [0, 0.1) is 0 Å². The van der Waals surface area contributed by atoms with Crippen molar-refractivity contribution in [3.63, 3.8) is 0 Å². The summed E-state index contributed by atoms with van der Waals surface area (Å²) >= 11 is 5.45. The molecule has 1 heterocycles. The summed E-state index contributed by atoms with van der Waals surface area (Å²) < 4.78 is 1.25. The van der Waals surface area contributed by atoms with Gasteiger partial charge in [0, 0.05) is 15.4 Å². The molecule has 2 nitrogen and oxygen atoms in total. The maximum absolute atomic E-state index is 3.68. The number of nitrogens with zero attached hydrogens (tertiary/aromatic N) is 1. The summed E-state index contributed by atoms with van der Waals surface area (Å²) in [6, 6.07) is 0.417. The van der Waals surface area contributed by atoms with Gasteiger partial charge in [-0.15, -0.1) is 0 Å². The molecule has 0 saturated heterocycles. The molecule has 1 N–H and O–H groups in total. The highest BCUT2D eigenvalue weighted by molar-refractivity contribution is 9.10. The molecule has 4 heteroatoms. The highest BCUT2D eigenvalue weighted by Crippen LogP contribution is 2.45. The van der Waals surface area contributed by atoms with Crippen LogP contribution in [0.25, 0.3) is 0 Å². The molecule has 17 heavy (non-hydrogen) atoms. The Kier molecular flexibility index (Phi) is 4.29. The molecule has 1 aliphatic carbocycles. The van der Waals surface area contributed by atoms with E-state index in [-0.39, 0.29) is 5.54 Å². The van der Waals surface area contributed by atoms with Crippen LogP contribution < -0.4 is 5.32 Å². The molecule has 1 aliphatic rings. The number of nitrogens with one attached hydrogen (secondary N) is 1. The first-order valence-corrected chi connectivity index (χ1v) is 7.91. The molecule has 2 rings (SSSR count). The molecular weight excluding hydrogens is 296 g/mol. The molecule has 96 valence electrons. The molecule has 1 aromatic heterocycles. The summed E-state index contributed by atoms with van der Waals surface area (Å²) in [6.07, 6.45) is 5.26. The van der Waals surface area contributed by atoms with Crippen molar-refractivity contribution in [2.45, 2.75) is 37.3 Å². The van der Waals surface area contributed by atoms with Crippen LogP contribution in [0.3, 0.4) is 0 Å². The van der Waals surface area contributed by atoms with Crippen molar-refractivity contribution in [1.82, 2.24) is 10.2 Å². The van der Waals surface area contributed by atoms with E-state index in [1.54, 1.807) is 11.3 Å². The van der Waals surface area contributed by atoms with Gasteiger partial charge in [0.1, 0.15) is 0 Å². The maximum atomic E-state index is 3.68. The predicted molar refractivity (Wildman–Crippen MR) is 78.7 cm³/mol. The number of halogens is 1. The standard InChI is InChI=1S/C13H21BrN2S/c1-15-12(10-8-17-9-11(10)14)13(16(2)3)6-4-5-7-13/h8-9,12,15H,4-7H2,1-3H3. The maximum Gasteiger partial charge on any atom is 0.0524 e. The van der Waals surface area contributed by atoms with Crippen LogP contribution in [-0.4, -0.2) is 31.6 Å². The molecule has 0 spiro atoms. The third-order valence-electron chi connectivity index (χ3n) is 4.14. The van der Waals surface area contributed by atoms with Gasteiger partial charge in [0.15, 0.2) is 0 Å². The summed E-state index contributed by atoms with van der Waals surface area (Å²) in [5, 5.41) is 8.00. The van der Waals surface area contributed by atoms with Crippen molar-refractivity contribution in [1.29, 1.82) is 0 Å². The normalized spacial score (nSPS) is 21.0. The fourth-order valence-corrected chi connectivity index (χ4v) is 4.74. The average Bonchev–Trinajstić information content (AvgIpc) is 2.91. The minimum atomic E-state index is 0.276. The Morgan fingerprint density at radius 3 is 2.41 bits per heavy atom. The van der Waals surface area contributed by atoms with Crippen LogP contribution in [0.4, 0.5) is 0 Å². The molecular formula is C13H21BrN2S. The minimum Gasteiger partial charge on any atom is -0.311 e. The number of likely N-dealkylation sites (N-methyl/N-ethyl adjacent to an activating group) is 2. The molecule has 1 aromatic rings. The van der Waals surface area contributed by atoms with Crippen LogP contribution in [0.1, 0.15) is 37.3 Å². The van der Waals surface area contributed by atoms with Crippen LogP contribution in [0.5, 0.6) is 0 Å². The minimum absolute atomic E-state index is 0.276. The molecule has 1 saturated carbocycles. The first-order chi connectivity index (χ1) is 8.12. The molecule has 0 aliphatic heterocycles. The number of rotatable bonds is 4. The largest absolute Gasteiger partial charge is 0.311 e. The zero-order valence-corrected chi connectivity index (χ0v) is 13.2. The second-order valence-corrected chi connectivity index (χ2v) is 6.70. The fourth-order valence-electron chi connectivity index (χ4n) is 3.19. The smallest absolute Gasteiger partial charge is 0.0524 e. The second-order valence-electron chi connectivity index (χ2n) is 5.10. The average molecular weight is 317 g/mol. The highest BCUT2D eigenvalue weighted by atomic mass is 79.9. The quantitative estimate of drug-likeness (QED) is 0.912. The second kappa shape index (κ2) is 5.39. The monoisotopic (exact) mass is 316 g/mol. The van der Waals surface area contributed by atoms with Crippen molar-refractivity contribution in [3.8, 4) is 0 Å². The molecule has 0 radical (unpaired) electrons. The first kappa shape index (κ1) is 13.5. The van der Waals surface area contributed by atoms with Crippen molar-refractivity contribution in [2.24, 2.45) is 0 Å². The third kappa shape index (κ3) is 2.33. The molecule has 1 fully saturated rings. The molecule has 1 unspecified atom stereocenters. The number of thiophene rings is 1. The van der Waals surface area contributed by atoms with Gasteiger partial charge in [-0.1, -0.05) is 12.8 Å². The van der Waals surface area contributed by atoms with Gasteiger partial charge in [0.25, 0.3) is 0 Å². The van der Waals surface area contributed by atoms with Gasteiger partial charge in [-0.3, -0.25) is 0 Å². The molecule has 0 aromatic carbocycles. The van der Waals surface area contributed by atoms with E-state index in [0.717, 1.165) is 0 Å². The summed E-state index contributed by atoms with van der Waals surface area (Å²) in [5.74, 6) is 0. The van der Waals surface area contributed by atoms with E-state index in [0.29, 0.717) is 6.04 Å². The first-order valence-electron chi connectivity index (χ1n) is 6.18. The van der Waals surface area contributed by atoms with Crippen molar-refractivity contribution in [3.05, 3.63) is 20.8 Å². The SMILES string of the molecule is CNC(c1cscc1Br)C1(N(C)C)CCCC1. The van der Waals surface area contributed by atoms with Crippen molar-refractivity contribution >= 4 is 27.3 Å². The van der Waals surface area contributed by atoms with Gasteiger partial charge in [0.2, 0.25) is 0 Å². The molecule has 0 amide bonds. The Labute approximate surface area is 117 Å². The summed E-state index contributed by atoms with van der Waals surface area (Å²) in [4.78, 5) is 2.42. The Morgan fingerprint density at radius 2 is 2.00 bits per heavy atom. The van der Waals surface area contributed by atoms with Gasteiger partial charge in [-0.05, 0) is 60.9 Å². The Morgan fingerprint density at radius 1 is 1.35 bits per heavy atom. The van der Waals surface area contributed by atoms with Gasteiger partial charge in [-0.2, -0.15) is 11.3 Å². The zero-order chi connectivity index (χ0) is 12.5. The van der Waals surface area contributed by atoms with E-state index >= 15 is 0 Å². The molecule has 1 atom stereocenters. The fraction of sp³-hybridized carbons (Fsp3) is 0.692.